The second kappa shape index (κ2) is 5.27. The van der Waals surface area contributed by atoms with Gasteiger partial charge in [0.05, 0.1) is 12.8 Å². The molecule has 0 aliphatic rings. The molecule has 2 aromatic heterocycles. The monoisotopic (exact) mass is 266 g/mol. The molecule has 1 atom stereocenters. The van der Waals surface area contributed by atoms with E-state index in [0.717, 1.165) is 16.3 Å². The normalized spacial score (nSPS) is 12.3. The topological polar surface area (TPSA) is 55.2 Å². The molecule has 100 valence electrons. The van der Waals surface area contributed by atoms with Gasteiger partial charge in [-0.05, 0) is 11.5 Å². The number of rotatable bonds is 3. The first-order valence-corrected chi connectivity index (χ1v) is 6.31. The van der Waals surface area contributed by atoms with Crippen molar-refractivity contribution < 1.29 is 9.84 Å². The number of nitrogens with zero attached hydrogens (tertiary/aromatic N) is 2. The molecule has 0 amide bonds. The number of benzene rings is 1. The number of hydrogen-bond acceptors (Lipinski definition) is 4. The molecule has 20 heavy (non-hydrogen) atoms. The Labute approximate surface area is 116 Å². The van der Waals surface area contributed by atoms with Gasteiger partial charge in [-0.2, -0.15) is 0 Å². The lowest BCUT2D eigenvalue weighted by molar-refractivity contribution is 0.215. The van der Waals surface area contributed by atoms with E-state index in [1.165, 1.54) is 0 Å². The van der Waals surface area contributed by atoms with Crippen LogP contribution in [0.5, 0.6) is 5.88 Å². The summed E-state index contributed by atoms with van der Waals surface area (Å²) in [5.41, 5.74) is 1.28. The van der Waals surface area contributed by atoms with Crippen molar-refractivity contribution in [3.05, 3.63) is 66.1 Å². The van der Waals surface area contributed by atoms with Gasteiger partial charge in [0.25, 0.3) is 0 Å². The second-order valence-electron chi connectivity index (χ2n) is 4.46. The van der Waals surface area contributed by atoms with Crippen LogP contribution in [0.25, 0.3) is 10.8 Å². The van der Waals surface area contributed by atoms with Crippen molar-refractivity contribution in [3.8, 4) is 5.88 Å². The highest BCUT2D eigenvalue weighted by Gasteiger charge is 2.15. The highest BCUT2D eigenvalue weighted by Crippen LogP contribution is 2.27. The zero-order valence-electron chi connectivity index (χ0n) is 11.0. The van der Waals surface area contributed by atoms with Crippen LogP contribution >= 0.6 is 0 Å². The van der Waals surface area contributed by atoms with Crippen LogP contribution in [0, 0.1) is 0 Å². The lowest BCUT2D eigenvalue weighted by Gasteiger charge is -2.13. The zero-order valence-corrected chi connectivity index (χ0v) is 11.0. The minimum atomic E-state index is -0.830. The quantitative estimate of drug-likeness (QED) is 0.792. The molecule has 0 radical (unpaired) electrons. The van der Waals surface area contributed by atoms with Gasteiger partial charge in [0.2, 0.25) is 5.88 Å². The molecule has 1 unspecified atom stereocenters. The average molecular weight is 266 g/mol. The Kier molecular flexibility index (Phi) is 3.31. The summed E-state index contributed by atoms with van der Waals surface area (Å²) in [6.07, 6.45) is 2.63. The van der Waals surface area contributed by atoms with Crippen LogP contribution in [0.3, 0.4) is 0 Å². The van der Waals surface area contributed by atoms with Crippen molar-refractivity contribution in [2.24, 2.45) is 0 Å². The molecule has 0 bridgehead atoms. The summed E-state index contributed by atoms with van der Waals surface area (Å²) >= 11 is 0. The number of methoxy groups -OCH3 is 1. The predicted octanol–water partition coefficient (Wildman–Crippen LogP) is 2.72. The van der Waals surface area contributed by atoms with Gasteiger partial charge in [-0.15, -0.1) is 0 Å². The van der Waals surface area contributed by atoms with Crippen LogP contribution in [-0.2, 0) is 0 Å². The maximum atomic E-state index is 10.6. The van der Waals surface area contributed by atoms with Gasteiger partial charge in [-0.1, -0.05) is 30.3 Å². The first kappa shape index (κ1) is 12.6. The van der Waals surface area contributed by atoms with Gasteiger partial charge in [0, 0.05) is 29.4 Å². The standard InChI is InChI=1S/C16H14N2O2/c1-20-15-8-4-7-14(18-15)16(19)13-10-17-9-11-5-2-3-6-12(11)13/h2-10,16,19H,1H3. The smallest absolute Gasteiger partial charge is 0.213 e. The molecule has 0 saturated carbocycles. The Bertz CT molecular complexity index is 738. The summed E-state index contributed by atoms with van der Waals surface area (Å²) in [5.74, 6) is 0.481. The molecule has 1 aromatic carbocycles. The fourth-order valence-electron chi connectivity index (χ4n) is 2.21. The summed E-state index contributed by atoms with van der Waals surface area (Å²) in [7, 11) is 1.55. The highest BCUT2D eigenvalue weighted by atomic mass is 16.5. The molecule has 0 spiro atoms. The first-order valence-electron chi connectivity index (χ1n) is 6.31. The number of ether oxygens (including phenoxy) is 1. The van der Waals surface area contributed by atoms with Gasteiger partial charge in [-0.3, -0.25) is 4.98 Å². The van der Waals surface area contributed by atoms with E-state index in [-0.39, 0.29) is 0 Å². The van der Waals surface area contributed by atoms with E-state index in [1.807, 2.05) is 30.3 Å². The van der Waals surface area contributed by atoms with Gasteiger partial charge in [0.1, 0.15) is 6.10 Å². The summed E-state index contributed by atoms with van der Waals surface area (Å²) in [6, 6.07) is 13.2. The van der Waals surface area contributed by atoms with Crippen molar-refractivity contribution in [3.63, 3.8) is 0 Å². The Morgan fingerprint density at radius 1 is 1.05 bits per heavy atom. The minimum Gasteiger partial charge on any atom is -0.481 e. The summed E-state index contributed by atoms with van der Waals surface area (Å²) in [6.45, 7) is 0. The molecule has 4 nitrogen and oxygen atoms in total. The van der Waals surface area contributed by atoms with Crippen molar-refractivity contribution in [2.75, 3.05) is 7.11 Å². The van der Waals surface area contributed by atoms with Crippen LogP contribution in [-0.4, -0.2) is 22.2 Å². The Hall–Kier alpha value is -2.46. The molecular weight excluding hydrogens is 252 g/mol. The lowest BCUT2D eigenvalue weighted by Crippen LogP contribution is -2.04. The third-order valence-corrected chi connectivity index (χ3v) is 3.23. The van der Waals surface area contributed by atoms with Gasteiger partial charge >= 0.3 is 0 Å². The Morgan fingerprint density at radius 2 is 1.90 bits per heavy atom. The van der Waals surface area contributed by atoms with E-state index in [2.05, 4.69) is 9.97 Å². The van der Waals surface area contributed by atoms with Crippen molar-refractivity contribution in [1.29, 1.82) is 0 Å². The van der Waals surface area contributed by atoms with Crippen LogP contribution < -0.4 is 4.74 Å². The fraction of sp³-hybridized carbons (Fsp3) is 0.125. The molecular formula is C16H14N2O2. The van der Waals surface area contributed by atoms with Crippen LogP contribution in [0.15, 0.2) is 54.9 Å². The largest absolute Gasteiger partial charge is 0.481 e. The third-order valence-electron chi connectivity index (χ3n) is 3.23. The van der Waals surface area contributed by atoms with Gasteiger partial charge in [0.15, 0.2) is 0 Å². The predicted molar refractivity (Wildman–Crippen MR) is 76.6 cm³/mol. The maximum absolute atomic E-state index is 10.6. The summed E-state index contributed by atoms with van der Waals surface area (Å²) in [5, 5.41) is 12.5. The van der Waals surface area contributed by atoms with Crippen LogP contribution in [0.1, 0.15) is 17.4 Å². The van der Waals surface area contributed by atoms with Gasteiger partial charge in [-0.25, -0.2) is 4.98 Å². The number of pyridine rings is 2. The summed E-state index contributed by atoms with van der Waals surface area (Å²) < 4.78 is 5.09. The maximum Gasteiger partial charge on any atom is 0.213 e. The number of aromatic nitrogens is 2. The molecule has 3 rings (SSSR count). The number of hydrogen-bond donors (Lipinski definition) is 1. The molecule has 0 aliphatic heterocycles. The third kappa shape index (κ3) is 2.21. The van der Waals surface area contributed by atoms with Crippen molar-refractivity contribution in [2.45, 2.75) is 6.10 Å². The Morgan fingerprint density at radius 3 is 2.75 bits per heavy atom. The van der Waals surface area contributed by atoms with Gasteiger partial charge < -0.3 is 9.84 Å². The molecule has 0 fully saturated rings. The SMILES string of the molecule is COc1cccc(C(O)c2cncc3ccccc23)n1. The second-order valence-corrected chi connectivity index (χ2v) is 4.46. The van der Waals surface area contributed by atoms with E-state index in [4.69, 9.17) is 4.74 Å². The number of fused-ring (bicyclic) bond motifs is 1. The minimum absolute atomic E-state index is 0.481. The first-order chi connectivity index (χ1) is 9.79. The highest BCUT2D eigenvalue weighted by molar-refractivity contribution is 5.85. The molecule has 0 saturated heterocycles. The summed E-state index contributed by atoms with van der Waals surface area (Å²) in [4.78, 5) is 8.46. The van der Waals surface area contributed by atoms with E-state index < -0.39 is 6.10 Å². The van der Waals surface area contributed by atoms with E-state index >= 15 is 0 Å². The lowest BCUT2D eigenvalue weighted by atomic mass is 10.0. The van der Waals surface area contributed by atoms with E-state index in [0.29, 0.717) is 11.6 Å². The van der Waals surface area contributed by atoms with E-state index in [9.17, 15) is 5.11 Å². The fourth-order valence-corrected chi connectivity index (χ4v) is 2.21. The number of aliphatic hydroxyl groups is 1. The molecule has 4 heteroatoms. The van der Waals surface area contributed by atoms with Crippen LogP contribution in [0.4, 0.5) is 0 Å². The van der Waals surface area contributed by atoms with E-state index in [1.54, 1.807) is 31.6 Å². The molecule has 1 N–H and O–H groups in total. The number of aliphatic hydroxyl groups excluding tert-OH is 1. The zero-order chi connectivity index (χ0) is 13.9. The van der Waals surface area contributed by atoms with Crippen molar-refractivity contribution in [1.82, 2.24) is 9.97 Å². The Balaban J connectivity index is 2.10. The average Bonchev–Trinajstić information content (AvgIpc) is 2.53. The van der Waals surface area contributed by atoms with Crippen LogP contribution in [0.2, 0.25) is 0 Å². The molecule has 2 heterocycles. The molecule has 3 aromatic rings. The molecule has 0 aliphatic carbocycles. The van der Waals surface area contributed by atoms with Crippen molar-refractivity contribution >= 4 is 10.8 Å².